The van der Waals surface area contributed by atoms with E-state index < -0.39 is 5.97 Å². The zero-order valence-electron chi connectivity index (χ0n) is 5.55. The number of carbonyl (C=O) groups is 2. The second-order valence-electron chi connectivity index (χ2n) is 1.51. The number of hydrogen-bond acceptors (Lipinski definition) is 3. The highest BCUT2D eigenvalue weighted by atomic mass is 16.4. The normalized spacial score (nSPS) is 7.00. The summed E-state index contributed by atoms with van der Waals surface area (Å²) in [5.41, 5.74) is 4.57. The van der Waals surface area contributed by atoms with Crippen molar-refractivity contribution in [2.45, 2.75) is 13.8 Å². The molecule has 0 aromatic heterocycles. The molecule has 54 valence electrons. The van der Waals surface area contributed by atoms with E-state index in [9.17, 15) is 9.59 Å². The Morgan fingerprint density at radius 2 is 1.56 bits per heavy atom. The van der Waals surface area contributed by atoms with Gasteiger partial charge in [0, 0.05) is 0 Å². The molecule has 9 heavy (non-hydrogen) atoms. The van der Waals surface area contributed by atoms with Gasteiger partial charge in [-0.3, -0.25) is 4.79 Å². The van der Waals surface area contributed by atoms with Crippen molar-refractivity contribution in [3.8, 4) is 0 Å². The van der Waals surface area contributed by atoms with Gasteiger partial charge in [0.05, 0.1) is 6.54 Å². The van der Waals surface area contributed by atoms with Crippen molar-refractivity contribution in [1.82, 2.24) is 0 Å². The fourth-order valence-electron chi connectivity index (χ4n) is 0. The smallest absolute Gasteiger partial charge is 0.317 e. The van der Waals surface area contributed by atoms with Crippen LogP contribution >= 0.6 is 0 Å². The number of hydrogen-bond donors (Lipinski definition) is 2. The quantitative estimate of drug-likeness (QED) is 0.511. The minimum absolute atomic E-state index is 0.167. The maximum Gasteiger partial charge on any atom is 0.317 e. The lowest BCUT2D eigenvalue weighted by molar-refractivity contribution is -0.135. The molecule has 0 heterocycles. The van der Waals surface area contributed by atoms with Crippen LogP contribution in [-0.4, -0.2) is 23.4 Å². The molecule has 0 aliphatic heterocycles. The minimum atomic E-state index is -0.968. The summed E-state index contributed by atoms with van der Waals surface area (Å²) in [7, 11) is 0. The fraction of sp³-hybridized carbons (Fsp3) is 0.600. The summed E-state index contributed by atoms with van der Waals surface area (Å²) in [4.78, 5) is 18.7. The van der Waals surface area contributed by atoms with E-state index in [2.05, 4.69) is 5.73 Å². The predicted octanol–water partition coefficient (Wildman–Crippen LogP) is -0.375. The van der Waals surface area contributed by atoms with Gasteiger partial charge in [0.25, 0.3) is 0 Å². The molecule has 0 aromatic rings. The van der Waals surface area contributed by atoms with Gasteiger partial charge >= 0.3 is 5.97 Å². The van der Waals surface area contributed by atoms with E-state index in [1.165, 1.54) is 13.8 Å². The van der Waals surface area contributed by atoms with Crippen LogP contribution in [0.2, 0.25) is 0 Å². The summed E-state index contributed by atoms with van der Waals surface area (Å²) in [6.45, 7) is 2.78. The molecule has 0 radical (unpaired) electrons. The average molecular weight is 133 g/mol. The Balaban J connectivity index is 0. The van der Waals surface area contributed by atoms with E-state index in [1.807, 2.05) is 0 Å². The third kappa shape index (κ3) is 153. The van der Waals surface area contributed by atoms with Crippen molar-refractivity contribution >= 4 is 11.8 Å². The molecule has 0 amide bonds. The third-order valence-electron chi connectivity index (χ3n) is 0.175. The predicted molar refractivity (Wildman–Crippen MR) is 33.0 cm³/mol. The second kappa shape index (κ2) is 7.10. The Morgan fingerprint density at radius 3 is 1.56 bits per heavy atom. The van der Waals surface area contributed by atoms with Crippen LogP contribution in [0, 0.1) is 0 Å². The molecule has 0 atom stereocenters. The third-order valence-corrected chi connectivity index (χ3v) is 0.175. The van der Waals surface area contributed by atoms with Gasteiger partial charge in [-0.1, -0.05) is 0 Å². The summed E-state index contributed by atoms with van der Waals surface area (Å²) in [5, 5.41) is 7.60. The van der Waals surface area contributed by atoms with Gasteiger partial charge in [0.1, 0.15) is 5.78 Å². The standard InChI is InChI=1S/C3H6O.C2H5NO2/c1-3(2)4;3-1-2(4)5/h1-2H3;1,3H2,(H,4,5). The summed E-state index contributed by atoms with van der Waals surface area (Å²) in [6, 6.07) is 0. The van der Waals surface area contributed by atoms with E-state index in [1.54, 1.807) is 0 Å². The number of nitrogens with two attached hydrogens (primary N) is 1. The second-order valence-corrected chi connectivity index (χ2v) is 1.51. The van der Waals surface area contributed by atoms with E-state index >= 15 is 0 Å². The molecule has 0 rings (SSSR count). The van der Waals surface area contributed by atoms with Crippen molar-refractivity contribution in [1.29, 1.82) is 0 Å². The number of aliphatic carboxylic acids is 1. The Labute approximate surface area is 53.7 Å². The zero-order valence-corrected chi connectivity index (χ0v) is 5.55. The van der Waals surface area contributed by atoms with Crippen molar-refractivity contribution in [2.24, 2.45) is 5.73 Å². The average Bonchev–Trinajstić information content (AvgIpc) is 1.65. The summed E-state index contributed by atoms with van der Waals surface area (Å²) >= 11 is 0. The topological polar surface area (TPSA) is 80.4 Å². The lowest BCUT2D eigenvalue weighted by Crippen LogP contribution is -2.10. The van der Waals surface area contributed by atoms with Crippen LogP contribution < -0.4 is 5.73 Å². The summed E-state index contributed by atoms with van der Waals surface area (Å²) < 4.78 is 0. The van der Waals surface area contributed by atoms with Crippen molar-refractivity contribution in [3.05, 3.63) is 0 Å². The Bertz CT molecular complexity index is 96.4. The molecule has 0 unspecified atom stereocenters. The molecule has 0 spiro atoms. The van der Waals surface area contributed by atoms with Gasteiger partial charge in [0.2, 0.25) is 0 Å². The number of carbonyl (C=O) groups excluding carboxylic acids is 1. The van der Waals surface area contributed by atoms with E-state index in [4.69, 9.17) is 5.11 Å². The van der Waals surface area contributed by atoms with E-state index in [0.717, 1.165) is 0 Å². The van der Waals surface area contributed by atoms with Gasteiger partial charge < -0.3 is 15.6 Å². The number of Topliss-reactive ketones (excluding diaryl/α,β-unsaturated/α-hetero) is 1. The molecule has 0 fully saturated rings. The zero-order chi connectivity index (χ0) is 7.86. The number of ketones is 1. The molecule has 0 aromatic carbocycles. The Hall–Kier alpha value is -0.900. The van der Waals surface area contributed by atoms with Gasteiger partial charge in [0.15, 0.2) is 0 Å². The van der Waals surface area contributed by atoms with Crippen LogP contribution in [0.3, 0.4) is 0 Å². The van der Waals surface area contributed by atoms with Gasteiger partial charge in [-0.25, -0.2) is 0 Å². The number of carboxylic acid groups (broad SMARTS) is 1. The van der Waals surface area contributed by atoms with Crippen LogP contribution in [0.1, 0.15) is 13.8 Å². The van der Waals surface area contributed by atoms with Crippen LogP contribution in [-0.2, 0) is 9.59 Å². The first kappa shape index (κ1) is 11.0. The maximum absolute atomic E-state index is 9.44. The molecule has 0 saturated heterocycles. The molecule has 0 saturated carbocycles. The first-order chi connectivity index (χ1) is 4.00. The maximum atomic E-state index is 9.44. The summed E-state index contributed by atoms with van der Waals surface area (Å²) in [6.07, 6.45) is 0. The SMILES string of the molecule is CC(C)=O.NCC(=O)O. The largest absolute Gasteiger partial charge is 0.480 e. The van der Waals surface area contributed by atoms with Gasteiger partial charge in [-0.2, -0.15) is 0 Å². The fourth-order valence-corrected chi connectivity index (χ4v) is 0. The van der Waals surface area contributed by atoms with Crippen LogP contribution in [0.15, 0.2) is 0 Å². The lowest BCUT2D eigenvalue weighted by Gasteiger charge is -1.73. The Kier molecular flexibility index (Phi) is 8.66. The van der Waals surface area contributed by atoms with Crippen LogP contribution in [0.4, 0.5) is 0 Å². The molecular formula is C5H11NO3. The lowest BCUT2D eigenvalue weighted by atomic mass is 10.6. The molecule has 0 aliphatic rings. The van der Waals surface area contributed by atoms with E-state index in [0.29, 0.717) is 0 Å². The summed E-state index contributed by atoms with van der Waals surface area (Å²) in [5.74, 6) is -0.801. The van der Waals surface area contributed by atoms with Crippen molar-refractivity contribution in [3.63, 3.8) is 0 Å². The Morgan fingerprint density at radius 1 is 1.44 bits per heavy atom. The van der Waals surface area contributed by atoms with Crippen molar-refractivity contribution < 1.29 is 14.7 Å². The molecular weight excluding hydrogens is 122 g/mol. The first-order valence-electron chi connectivity index (χ1n) is 2.39. The first-order valence-corrected chi connectivity index (χ1v) is 2.39. The highest BCUT2D eigenvalue weighted by Gasteiger charge is 1.81. The molecule has 4 heteroatoms. The molecule has 0 bridgehead atoms. The molecule has 4 nitrogen and oxygen atoms in total. The van der Waals surface area contributed by atoms with Crippen LogP contribution in [0.5, 0.6) is 0 Å². The molecule has 3 N–H and O–H groups in total. The van der Waals surface area contributed by atoms with E-state index in [-0.39, 0.29) is 12.3 Å². The highest BCUT2D eigenvalue weighted by Crippen LogP contribution is 1.50. The molecule has 0 aliphatic carbocycles. The van der Waals surface area contributed by atoms with Gasteiger partial charge in [-0.15, -0.1) is 0 Å². The highest BCUT2D eigenvalue weighted by molar-refractivity contribution is 5.72. The van der Waals surface area contributed by atoms with Crippen LogP contribution in [0.25, 0.3) is 0 Å². The monoisotopic (exact) mass is 133 g/mol. The number of rotatable bonds is 1. The van der Waals surface area contributed by atoms with Gasteiger partial charge in [-0.05, 0) is 13.8 Å². The number of carboxylic acids is 1. The minimum Gasteiger partial charge on any atom is -0.480 e. The van der Waals surface area contributed by atoms with Crippen molar-refractivity contribution in [2.75, 3.05) is 6.54 Å².